The zero-order valence-corrected chi connectivity index (χ0v) is 18.1. The maximum Gasteiger partial charge on any atom is 0.250 e. The number of primary amides is 1. The average molecular weight is 427 g/mol. The summed E-state index contributed by atoms with van der Waals surface area (Å²) in [5.41, 5.74) is 12.2. The van der Waals surface area contributed by atoms with Gasteiger partial charge in [0, 0.05) is 31.3 Å². The van der Waals surface area contributed by atoms with Crippen molar-refractivity contribution < 1.29 is 4.79 Å². The van der Waals surface area contributed by atoms with E-state index in [9.17, 15) is 4.79 Å². The Labute approximate surface area is 186 Å². The molecule has 7 heteroatoms. The molecule has 4 heterocycles. The molecule has 0 spiro atoms. The predicted molar refractivity (Wildman–Crippen MR) is 126 cm³/mol. The van der Waals surface area contributed by atoms with Gasteiger partial charge in [0.1, 0.15) is 5.82 Å². The number of hydrogen-bond donors (Lipinski definition) is 3. The number of amides is 1. The number of carbonyl (C=O) groups is 1. The Morgan fingerprint density at radius 3 is 2.75 bits per heavy atom. The van der Waals surface area contributed by atoms with E-state index in [1.54, 1.807) is 6.07 Å². The molecule has 0 aliphatic carbocycles. The normalized spacial score (nSPS) is 13.5. The Hall–Kier alpha value is -3.71. The van der Waals surface area contributed by atoms with Gasteiger partial charge in [-0.15, -0.1) is 0 Å². The quantitative estimate of drug-likeness (QED) is 0.456. The average Bonchev–Trinajstić information content (AvgIpc) is 2.96. The molecule has 1 aromatic carbocycles. The Kier molecular flexibility index (Phi) is 5.33. The molecule has 5 rings (SSSR count). The summed E-state index contributed by atoms with van der Waals surface area (Å²) in [5.74, 6) is 1.08. The van der Waals surface area contributed by atoms with Crippen LogP contribution in [0.2, 0.25) is 0 Å². The molecule has 1 aliphatic heterocycles. The summed E-state index contributed by atoms with van der Waals surface area (Å²) in [5, 5.41) is 7.01. The summed E-state index contributed by atoms with van der Waals surface area (Å²) in [7, 11) is 0. The highest BCUT2D eigenvalue weighted by Crippen LogP contribution is 2.30. The molecule has 0 fully saturated rings. The fraction of sp³-hybridized carbons (Fsp3) is 0.240. The molecule has 1 aliphatic rings. The first-order chi connectivity index (χ1) is 15.6. The summed E-state index contributed by atoms with van der Waals surface area (Å²) < 4.78 is 1.97. The number of benzene rings is 1. The lowest BCUT2D eigenvalue weighted by Gasteiger charge is -2.15. The summed E-state index contributed by atoms with van der Waals surface area (Å²) >= 11 is 0. The van der Waals surface area contributed by atoms with E-state index < -0.39 is 5.91 Å². The number of pyridine rings is 1. The van der Waals surface area contributed by atoms with Crippen LogP contribution in [0.4, 0.5) is 5.82 Å². The summed E-state index contributed by atoms with van der Waals surface area (Å²) in [6, 6.07) is 15.9. The van der Waals surface area contributed by atoms with Crippen molar-refractivity contribution in [1.29, 1.82) is 0 Å². The van der Waals surface area contributed by atoms with E-state index in [2.05, 4.69) is 22.8 Å². The second-order valence-electron chi connectivity index (χ2n) is 8.13. The van der Waals surface area contributed by atoms with Crippen molar-refractivity contribution >= 4 is 17.2 Å². The SMILES string of the molecule is Cc1cc2c(C(N)=O)cccn2c1-c1nc2c(c(NCc3ccccc3)n1)CCNCC2. The van der Waals surface area contributed by atoms with Crippen LogP contribution in [0.5, 0.6) is 0 Å². The molecule has 3 aromatic heterocycles. The van der Waals surface area contributed by atoms with Crippen LogP contribution in [0, 0.1) is 6.92 Å². The van der Waals surface area contributed by atoms with Gasteiger partial charge in [-0.25, -0.2) is 9.97 Å². The van der Waals surface area contributed by atoms with Crippen molar-refractivity contribution in [2.75, 3.05) is 18.4 Å². The van der Waals surface area contributed by atoms with Crippen LogP contribution >= 0.6 is 0 Å². The van der Waals surface area contributed by atoms with Gasteiger partial charge in [0.15, 0.2) is 5.82 Å². The number of fused-ring (bicyclic) bond motifs is 2. The summed E-state index contributed by atoms with van der Waals surface area (Å²) in [4.78, 5) is 21.9. The molecule has 0 unspecified atom stereocenters. The largest absolute Gasteiger partial charge is 0.366 e. The minimum absolute atomic E-state index is 0.446. The highest BCUT2D eigenvalue weighted by molar-refractivity contribution is 6.00. The number of anilines is 1. The summed E-state index contributed by atoms with van der Waals surface area (Å²) in [6.45, 7) is 4.50. The smallest absolute Gasteiger partial charge is 0.250 e. The first-order valence-electron chi connectivity index (χ1n) is 10.9. The molecular formula is C25H26N6O. The highest BCUT2D eigenvalue weighted by Gasteiger charge is 2.21. The third-order valence-electron chi connectivity index (χ3n) is 5.96. The van der Waals surface area contributed by atoms with Crippen LogP contribution in [0.15, 0.2) is 54.7 Å². The van der Waals surface area contributed by atoms with Crippen LogP contribution in [0.25, 0.3) is 17.0 Å². The van der Waals surface area contributed by atoms with Crippen LogP contribution in [-0.4, -0.2) is 33.4 Å². The zero-order valence-electron chi connectivity index (χ0n) is 18.1. The molecule has 0 saturated carbocycles. The first kappa shape index (κ1) is 20.2. The van der Waals surface area contributed by atoms with Crippen molar-refractivity contribution in [2.45, 2.75) is 26.3 Å². The highest BCUT2D eigenvalue weighted by atomic mass is 16.1. The predicted octanol–water partition coefficient (Wildman–Crippen LogP) is 3.10. The number of aromatic nitrogens is 3. The number of carbonyl (C=O) groups excluding carboxylic acids is 1. The number of aryl methyl sites for hydroxylation is 1. The Morgan fingerprint density at radius 2 is 1.94 bits per heavy atom. The lowest BCUT2D eigenvalue weighted by molar-refractivity contribution is 0.100. The zero-order chi connectivity index (χ0) is 22.1. The van der Waals surface area contributed by atoms with Gasteiger partial charge in [-0.1, -0.05) is 30.3 Å². The molecule has 1 amide bonds. The molecule has 162 valence electrons. The summed E-state index contributed by atoms with van der Waals surface area (Å²) in [6.07, 6.45) is 3.66. The second-order valence-corrected chi connectivity index (χ2v) is 8.13. The maximum atomic E-state index is 11.9. The number of rotatable bonds is 5. The Morgan fingerprint density at radius 1 is 1.12 bits per heavy atom. The first-order valence-corrected chi connectivity index (χ1v) is 10.9. The van der Waals surface area contributed by atoms with Gasteiger partial charge in [0.25, 0.3) is 5.91 Å². The molecule has 0 saturated heterocycles. The van der Waals surface area contributed by atoms with Gasteiger partial charge in [-0.05, 0) is 49.2 Å². The number of nitrogens with zero attached hydrogens (tertiary/aromatic N) is 3. The van der Waals surface area contributed by atoms with Crippen LogP contribution < -0.4 is 16.4 Å². The van der Waals surface area contributed by atoms with E-state index in [0.29, 0.717) is 17.9 Å². The van der Waals surface area contributed by atoms with Crippen molar-refractivity contribution in [3.63, 3.8) is 0 Å². The van der Waals surface area contributed by atoms with Crippen molar-refractivity contribution in [3.8, 4) is 11.5 Å². The molecule has 32 heavy (non-hydrogen) atoms. The fourth-order valence-corrected chi connectivity index (χ4v) is 4.40. The van der Waals surface area contributed by atoms with Crippen LogP contribution in [0.1, 0.15) is 32.7 Å². The maximum absolute atomic E-state index is 11.9. The van der Waals surface area contributed by atoms with Gasteiger partial charge in [0.2, 0.25) is 0 Å². The molecular weight excluding hydrogens is 400 g/mol. The fourth-order valence-electron chi connectivity index (χ4n) is 4.40. The van der Waals surface area contributed by atoms with Crippen molar-refractivity contribution in [2.24, 2.45) is 5.73 Å². The van der Waals surface area contributed by atoms with Gasteiger partial charge in [-0.2, -0.15) is 0 Å². The van der Waals surface area contributed by atoms with Gasteiger partial charge < -0.3 is 20.8 Å². The molecule has 0 atom stereocenters. The standard InChI is InChI=1S/C25H26N6O/c1-16-14-21-19(23(26)32)8-5-13-31(21)22(16)25-29-20-10-12-27-11-9-18(20)24(30-25)28-15-17-6-3-2-4-7-17/h2-8,13-14,27H,9-12,15H2,1H3,(H2,26,32)(H,28,29,30). The van der Waals surface area contributed by atoms with E-state index in [1.165, 1.54) is 11.1 Å². The third kappa shape index (κ3) is 3.71. The van der Waals surface area contributed by atoms with Crippen LogP contribution in [-0.2, 0) is 19.4 Å². The minimum Gasteiger partial charge on any atom is -0.366 e. The van der Waals surface area contributed by atoms with Gasteiger partial charge in [0.05, 0.1) is 22.5 Å². The molecule has 0 bridgehead atoms. The lowest BCUT2D eigenvalue weighted by atomic mass is 10.1. The number of nitrogens with two attached hydrogens (primary N) is 1. The Balaban J connectivity index is 1.63. The van der Waals surface area contributed by atoms with Gasteiger partial charge in [-0.3, -0.25) is 4.79 Å². The minimum atomic E-state index is -0.446. The van der Waals surface area contributed by atoms with Crippen LogP contribution in [0.3, 0.4) is 0 Å². The molecule has 0 radical (unpaired) electrons. The van der Waals surface area contributed by atoms with E-state index >= 15 is 0 Å². The van der Waals surface area contributed by atoms with Crippen molar-refractivity contribution in [3.05, 3.63) is 82.7 Å². The monoisotopic (exact) mass is 426 g/mol. The van der Waals surface area contributed by atoms with E-state index in [-0.39, 0.29) is 0 Å². The topological polar surface area (TPSA) is 97.3 Å². The number of nitrogens with one attached hydrogen (secondary N) is 2. The number of hydrogen-bond acceptors (Lipinski definition) is 5. The van der Waals surface area contributed by atoms with Crippen molar-refractivity contribution in [1.82, 2.24) is 19.7 Å². The Bertz CT molecular complexity index is 1300. The van der Waals surface area contributed by atoms with E-state index in [4.69, 9.17) is 15.7 Å². The molecule has 4 N–H and O–H groups in total. The lowest BCUT2D eigenvalue weighted by Crippen LogP contribution is -2.16. The van der Waals surface area contributed by atoms with E-state index in [1.807, 2.05) is 47.9 Å². The third-order valence-corrected chi connectivity index (χ3v) is 5.96. The van der Waals surface area contributed by atoms with Gasteiger partial charge >= 0.3 is 0 Å². The molecule has 7 nitrogen and oxygen atoms in total. The molecule has 4 aromatic rings. The second kappa shape index (κ2) is 8.43. The van der Waals surface area contributed by atoms with E-state index in [0.717, 1.165) is 54.2 Å².